The van der Waals surface area contributed by atoms with Crippen molar-refractivity contribution in [2.24, 2.45) is 15.3 Å². The van der Waals surface area contributed by atoms with Gasteiger partial charge in [-0.25, -0.2) is 5.01 Å². The molecular weight excluding hydrogens is 266 g/mol. The molecule has 6 nitrogen and oxygen atoms in total. The molecule has 0 radical (unpaired) electrons. The highest BCUT2D eigenvalue weighted by Crippen LogP contribution is 2.25. The molecule has 21 heavy (non-hydrogen) atoms. The summed E-state index contributed by atoms with van der Waals surface area (Å²) in [7, 11) is 0. The van der Waals surface area contributed by atoms with Gasteiger partial charge in [0, 0.05) is 5.69 Å². The van der Waals surface area contributed by atoms with Gasteiger partial charge in [-0.3, -0.25) is 4.79 Å². The van der Waals surface area contributed by atoms with Gasteiger partial charge in [0.25, 0.3) is 5.91 Å². The molecule has 1 aliphatic heterocycles. The Morgan fingerprint density at radius 1 is 1.29 bits per heavy atom. The zero-order valence-corrected chi connectivity index (χ0v) is 12.9. The van der Waals surface area contributed by atoms with Crippen molar-refractivity contribution in [3.63, 3.8) is 0 Å². The van der Waals surface area contributed by atoms with E-state index in [-0.39, 0.29) is 11.4 Å². The zero-order chi connectivity index (χ0) is 15.6. The Bertz CT molecular complexity index is 583. The number of rotatable bonds is 3. The second kappa shape index (κ2) is 5.63. The third-order valence-electron chi connectivity index (χ3n) is 3.17. The normalized spacial score (nSPS) is 19.4. The van der Waals surface area contributed by atoms with Crippen LogP contribution in [0.25, 0.3) is 0 Å². The predicted octanol–water partition coefficient (Wildman–Crippen LogP) is 3.13. The summed E-state index contributed by atoms with van der Waals surface area (Å²) in [6.07, 6.45) is 0.670. The van der Waals surface area contributed by atoms with Gasteiger partial charge >= 0.3 is 0 Å². The summed E-state index contributed by atoms with van der Waals surface area (Å²) in [6.45, 7) is 7.80. The fraction of sp³-hybridized carbons (Fsp3) is 0.467. The molecular formula is C15H21N5O. The number of azo groups is 1. The number of hydrogen-bond donors (Lipinski definition) is 1. The summed E-state index contributed by atoms with van der Waals surface area (Å²) in [4.78, 5) is 12.4. The number of amides is 1. The van der Waals surface area contributed by atoms with E-state index in [1.165, 1.54) is 5.01 Å². The molecule has 2 N–H and O–H groups in total. The lowest BCUT2D eigenvalue weighted by Crippen LogP contribution is -2.42. The Morgan fingerprint density at radius 3 is 2.43 bits per heavy atom. The molecule has 1 heterocycles. The maximum absolute atomic E-state index is 12.4. The van der Waals surface area contributed by atoms with Crippen molar-refractivity contribution in [2.75, 3.05) is 5.73 Å². The number of anilines is 1. The van der Waals surface area contributed by atoms with Crippen LogP contribution in [0.4, 0.5) is 11.4 Å². The van der Waals surface area contributed by atoms with Gasteiger partial charge in [0.15, 0.2) is 6.04 Å². The van der Waals surface area contributed by atoms with Gasteiger partial charge in [0.05, 0.1) is 16.9 Å². The maximum Gasteiger partial charge on any atom is 0.275 e. The first-order valence-electron chi connectivity index (χ1n) is 7.00. The molecule has 6 heteroatoms. The quantitative estimate of drug-likeness (QED) is 0.684. The fourth-order valence-corrected chi connectivity index (χ4v) is 2.02. The van der Waals surface area contributed by atoms with E-state index in [0.717, 1.165) is 5.71 Å². The Morgan fingerprint density at radius 2 is 1.90 bits per heavy atom. The molecule has 112 valence electrons. The van der Waals surface area contributed by atoms with Gasteiger partial charge in [0.1, 0.15) is 0 Å². The first-order chi connectivity index (χ1) is 9.82. The lowest BCUT2D eigenvalue weighted by atomic mass is 10.1. The van der Waals surface area contributed by atoms with E-state index in [1.807, 2.05) is 27.7 Å². The van der Waals surface area contributed by atoms with Crippen LogP contribution in [0.3, 0.4) is 0 Å². The van der Waals surface area contributed by atoms with Crippen LogP contribution in [-0.4, -0.2) is 28.2 Å². The van der Waals surface area contributed by atoms with Crippen LogP contribution in [0.2, 0.25) is 0 Å². The molecule has 1 aromatic carbocycles. The standard InChI is InChI=1S/C15H21N5O/c1-5-12-13(14(21)20(19-12)15(2,3)4)18-17-11-8-6-10(16)7-9-11/h6-9,13H,5,16H2,1-4H3. The third-order valence-corrected chi connectivity index (χ3v) is 3.17. The molecule has 0 fully saturated rings. The van der Waals surface area contributed by atoms with E-state index < -0.39 is 6.04 Å². The molecule has 0 spiro atoms. The van der Waals surface area contributed by atoms with E-state index in [9.17, 15) is 4.79 Å². The summed E-state index contributed by atoms with van der Waals surface area (Å²) < 4.78 is 0. The topological polar surface area (TPSA) is 83.4 Å². The Kier molecular flexibility index (Phi) is 4.06. The third kappa shape index (κ3) is 3.26. The van der Waals surface area contributed by atoms with Crippen molar-refractivity contribution < 1.29 is 4.79 Å². The van der Waals surface area contributed by atoms with Crippen LogP contribution in [0.1, 0.15) is 34.1 Å². The molecule has 0 bridgehead atoms. The van der Waals surface area contributed by atoms with E-state index in [4.69, 9.17) is 5.73 Å². The monoisotopic (exact) mass is 287 g/mol. The lowest BCUT2D eigenvalue weighted by Gasteiger charge is -2.27. The molecule has 2 rings (SSSR count). The minimum Gasteiger partial charge on any atom is -0.399 e. The highest BCUT2D eigenvalue weighted by atomic mass is 16.2. The van der Waals surface area contributed by atoms with Crippen molar-refractivity contribution in [3.8, 4) is 0 Å². The summed E-state index contributed by atoms with van der Waals surface area (Å²) in [5.41, 5.74) is 7.35. The minimum atomic E-state index is -0.619. The Hall–Kier alpha value is -2.24. The average Bonchev–Trinajstić information content (AvgIpc) is 2.74. The second-order valence-corrected chi connectivity index (χ2v) is 5.98. The highest BCUT2D eigenvalue weighted by Gasteiger charge is 2.40. The highest BCUT2D eigenvalue weighted by molar-refractivity contribution is 6.12. The van der Waals surface area contributed by atoms with Gasteiger partial charge in [-0.05, 0) is 51.5 Å². The smallest absolute Gasteiger partial charge is 0.275 e. The minimum absolute atomic E-state index is 0.126. The summed E-state index contributed by atoms with van der Waals surface area (Å²) in [5.74, 6) is -0.126. The Labute approximate surface area is 124 Å². The fourth-order valence-electron chi connectivity index (χ4n) is 2.02. The van der Waals surface area contributed by atoms with Gasteiger partial charge < -0.3 is 5.73 Å². The molecule has 1 unspecified atom stereocenters. The zero-order valence-electron chi connectivity index (χ0n) is 12.9. The van der Waals surface area contributed by atoms with Gasteiger partial charge in [-0.1, -0.05) is 6.92 Å². The molecule has 1 amide bonds. The van der Waals surface area contributed by atoms with E-state index in [1.54, 1.807) is 24.3 Å². The molecule has 1 atom stereocenters. The summed E-state index contributed by atoms with van der Waals surface area (Å²) in [6, 6.07) is 6.42. The van der Waals surface area contributed by atoms with E-state index in [2.05, 4.69) is 15.3 Å². The molecule has 1 aliphatic rings. The number of nitrogens with zero attached hydrogens (tertiary/aromatic N) is 4. The first-order valence-corrected chi connectivity index (χ1v) is 7.00. The number of nitrogens with two attached hydrogens (primary N) is 1. The SMILES string of the molecule is CCC1=NN(C(C)(C)C)C(=O)C1N=Nc1ccc(N)cc1. The maximum atomic E-state index is 12.4. The van der Waals surface area contributed by atoms with Crippen molar-refractivity contribution in [1.29, 1.82) is 0 Å². The van der Waals surface area contributed by atoms with E-state index in [0.29, 0.717) is 17.8 Å². The molecule has 0 aromatic heterocycles. The number of hydrogen-bond acceptors (Lipinski definition) is 5. The number of carbonyl (C=O) groups is 1. The number of hydrazone groups is 1. The second-order valence-electron chi connectivity index (χ2n) is 5.98. The van der Waals surface area contributed by atoms with Crippen molar-refractivity contribution in [2.45, 2.75) is 45.7 Å². The average molecular weight is 287 g/mol. The molecule has 0 saturated carbocycles. The summed E-state index contributed by atoms with van der Waals surface area (Å²) in [5, 5.41) is 14.2. The first kappa shape index (κ1) is 15.2. The largest absolute Gasteiger partial charge is 0.399 e. The number of carbonyl (C=O) groups excluding carboxylic acids is 1. The number of nitrogen functional groups attached to an aromatic ring is 1. The lowest BCUT2D eigenvalue weighted by molar-refractivity contribution is -0.134. The van der Waals surface area contributed by atoms with Gasteiger partial charge in [0.2, 0.25) is 0 Å². The number of benzene rings is 1. The van der Waals surface area contributed by atoms with Crippen LogP contribution in [0, 0.1) is 0 Å². The van der Waals surface area contributed by atoms with E-state index >= 15 is 0 Å². The van der Waals surface area contributed by atoms with Gasteiger partial charge in [-0.15, -0.1) is 0 Å². The van der Waals surface area contributed by atoms with Crippen LogP contribution in [0.5, 0.6) is 0 Å². The van der Waals surface area contributed by atoms with Crippen LogP contribution in [0.15, 0.2) is 39.6 Å². The van der Waals surface area contributed by atoms with Gasteiger partial charge in [-0.2, -0.15) is 15.3 Å². The Balaban J connectivity index is 2.21. The van der Waals surface area contributed by atoms with Crippen molar-refractivity contribution >= 4 is 23.0 Å². The molecule has 0 saturated heterocycles. The van der Waals surface area contributed by atoms with Crippen LogP contribution >= 0.6 is 0 Å². The van der Waals surface area contributed by atoms with Crippen molar-refractivity contribution in [1.82, 2.24) is 5.01 Å². The molecule has 0 aliphatic carbocycles. The van der Waals surface area contributed by atoms with Crippen molar-refractivity contribution in [3.05, 3.63) is 24.3 Å². The predicted molar refractivity (Wildman–Crippen MR) is 83.5 cm³/mol. The van der Waals surface area contributed by atoms with Crippen LogP contribution < -0.4 is 5.73 Å². The summed E-state index contributed by atoms with van der Waals surface area (Å²) >= 11 is 0. The van der Waals surface area contributed by atoms with Crippen LogP contribution in [-0.2, 0) is 4.79 Å². The molecule has 1 aromatic rings.